The molecular formula is C20H18N2O5. The third-order valence-corrected chi connectivity index (χ3v) is 3.91. The molecule has 7 heteroatoms. The summed E-state index contributed by atoms with van der Waals surface area (Å²) in [4.78, 5) is 35.5. The molecule has 0 unspecified atom stereocenters. The number of likely N-dealkylation sites (N-methyl/N-ethyl adjacent to an activating group) is 1. The highest BCUT2D eigenvalue weighted by Crippen LogP contribution is 2.14. The molecule has 0 bridgehead atoms. The lowest BCUT2D eigenvalue weighted by Crippen LogP contribution is -2.27. The van der Waals surface area contributed by atoms with Crippen LogP contribution in [0.5, 0.6) is 5.75 Å². The monoisotopic (exact) mass is 366 g/mol. The molecule has 3 aromatic rings. The van der Waals surface area contributed by atoms with Gasteiger partial charge >= 0.3 is 5.63 Å². The molecule has 1 aromatic heterocycles. The van der Waals surface area contributed by atoms with Crippen LogP contribution in [0.15, 0.2) is 63.8 Å². The normalized spacial score (nSPS) is 10.4. The first-order chi connectivity index (χ1) is 13.1. The molecule has 2 N–H and O–H groups in total. The molecular weight excluding hydrogens is 348 g/mol. The van der Waals surface area contributed by atoms with Crippen LogP contribution in [0.4, 0.5) is 0 Å². The van der Waals surface area contributed by atoms with Gasteiger partial charge in [0, 0.05) is 19.0 Å². The minimum Gasteiger partial charge on any atom is -0.484 e. The molecule has 27 heavy (non-hydrogen) atoms. The highest BCUT2D eigenvalue weighted by molar-refractivity contribution is 5.96. The van der Waals surface area contributed by atoms with Crippen molar-refractivity contribution in [3.8, 4) is 5.75 Å². The second-order valence-corrected chi connectivity index (χ2v) is 5.77. The zero-order valence-electron chi connectivity index (χ0n) is 14.7. The summed E-state index contributed by atoms with van der Waals surface area (Å²) in [5.74, 6) is -0.182. The van der Waals surface area contributed by atoms with Gasteiger partial charge in [0.15, 0.2) is 6.61 Å². The van der Waals surface area contributed by atoms with E-state index in [0.717, 1.165) is 5.56 Å². The summed E-state index contributed by atoms with van der Waals surface area (Å²) in [6.45, 7) is 0.172. The van der Waals surface area contributed by atoms with Crippen LogP contribution in [0.2, 0.25) is 0 Å². The Bertz CT molecular complexity index is 1020. The van der Waals surface area contributed by atoms with Crippen molar-refractivity contribution in [3.05, 3.63) is 76.1 Å². The quantitative estimate of drug-likeness (QED) is 0.649. The van der Waals surface area contributed by atoms with Crippen molar-refractivity contribution in [2.75, 3.05) is 13.7 Å². The number of amides is 2. The summed E-state index contributed by atoms with van der Waals surface area (Å²) in [6.07, 6.45) is 0. The minimum absolute atomic E-state index is 0.0424. The number of nitrogens with one attached hydrogen (secondary N) is 2. The zero-order chi connectivity index (χ0) is 19.2. The summed E-state index contributed by atoms with van der Waals surface area (Å²) in [5.41, 5.74) is 0.538. The van der Waals surface area contributed by atoms with Crippen LogP contribution < -0.4 is 21.0 Å². The van der Waals surface area contributed by atoms with Crippen molar-refractivity contribution in [2.45, 2.75) is 6.54 Å². The van der Waals surface area contributed by atoms with Crippen LogP contribution in [-0.4, -0.2) is 25.5 Å². The van der Waals surface area contributed by atoms with E-state index >= 15 is 0 Å². The molecule has 1 heterocycles. The van der Waals surface area contributed by atoms with Gasteiger partial charge in [-0.25, -0.2) is 4.79 Å². The van der Waals surface area contributed by atoms with Gasteiger partial charge in [-0.3, -0.25) is 9.59 Å². The Morgan fingerprint density at radius 2 is 1.81 bits per heavy atom. The molecule has 0 radical (unpaired) electrons. The number of hydrogen-bond acceptors (Lipinski definition) is 5. The average Bonchev–Trinajstić information content (AvgIpc) is 2.70. The minimum atomic E-state index is -0.677. The topological polar surface area (TPSA) is 97.6 Å². The van der Waals surface area contributed by atoms with Crippen LogP contribution in [0.25, 0.3) is 11.0 Å². The van der Waals surface area contributed by atoms with E-state index in [0.29, 0.717) is 16.7 Å². The van der Waals surface area contributed by atoms with Crippen LogP contribution in [-0.2, 0) is 11.3 Å². The Morgan fingerprint density at radius 1 is 1.07 bits per heavy atom. The lowest BCUT2D eigenvalue weighted by Gasteiger charge is -2.08. The Hall–Kier alpha value is -3.61. The number of para-hydroxylation sites is 1. The lowest BCUT2D eigenvalue weighted by molar-refractivity contribution is -0.122. The van der Waals surface area contributed by atoms with Gasteiger partial charge in [0.1, 0.15) is 16.9 Å². The lowest BCUT2D eigenvalue weighted by atomic mass is 10.1. The van der Waals surface area contributed by atoms with E-state index in [2.05, 4.69) is 10.6 Å². The van der Waals surface area contributed by atoms with Gasteiger partial charge in [-0.1, -0.05) is 30.3 Å². The second-order valence-electron chi connectivity index (χ2n) is 5.77. The predicted octanol–water partition coefficient (Wildman–Crippen LogP) is 1.85. The molecule has 0 aliphatic rings. The SMILES string of the molecule is CNC(=O)COc1ccc(CNC(=O)c2cc3ccccc3oc2=O)cc1. The fraction of sp³-hybridized carbons (Fsp3) is 0.150. The molecule has 2 aromatic carbocycles. The van der Waals surface area contributed by atoms with Crippen LogP contribution >= 0.6 is 0 Å². The van der Waals surface area contributed by atoms with E-state index < -0.39 is 11.5 Å². The smallest absolute Gasteiger partial charge is 0.349 e. The van der Waals surface area contributed by atoms with Crippen molar-refractivity contribution in [1.29, 1.82) is 0 Å². The van der Waals surface area contributed by atoms with E-state index in [-0.39, 0.29) is 24.6 Å². The Morgan fingerprint density at radius 3 is 2.56 bits per heavy atom. The molecule has 0 saturated heterocycles. The number of carbonyl (C=O) groups is 2. The summed E-state index contributed by atoms with van der Waals surface area (Å²) in [6, 6.07) is 15.5. The van der Waals surface area contributed by atoms with Gasteiger partial charge < -0.3 is 19.8 Å². The molecule has 3 rings (SSSR count). The Kier molecular flexibility index (Phi) is 5.51. The average molecular weight is 366 g/mol. The van der Waals surface area contributed by atoms with Gasteiger partial charge in [0.25, 0.3) is 11.8 Å². The first-order valence-electron chi connectivity index (χ1n) is 8.30. The molecule has 0 aliphatic carbocycles. The zero-order valence-corrected chi connectivity index (χ0v) is 14.7. The highest BCUT2D eigenvalue weighted by atomic mass is 16.5. The first-order valence-corrected chi connectivity index (χ1v) is 8.30. The van der Waals surface area contributed by atoms with Crippen molar-refractivity contribution in [1.82, 2.24) is 10.6 Å². The van der Waals surface area contributed by atoms with Gasteiger partial charge in [-0.15, -0.1) is 0 Å². The number of ether oxygens (including phenoxy) is 1. The van der Waals surface area contributed by atoms with Crippen molar-refractivity contribution in [2.24, 2.45) is 0 Å². The van der Waals surface area contributed by atoms with E-state index in [1.54, 1.807) is 48.5 Å². The number of fused-ring (bicyclic) bond motifs is 1. The van der Waals surface area contributed by atoms with E-state index in [9.17, 15) is 14.4 Å². The molecule has 0 aliphatic heterocycles. The molecule has 0 fully saturated rings. The van der Waals surface area contributed by atoms with E-state index in [1.165, 1.54) is 13.1 Å². The number of hydrogen-bond donors (Lipinski definition) is 2. The van der Waals surface area contributed by atoms with E-state index in [1.807, 2.05) is 0 Å². The summed E-state index contributed by atoms with van der Waals surface area (Å²) >= 11 is 0. The van der Waals surface area contributed by atoms with Crippen LogP contribution in [0.1, 0.15) is 15.9 Å². The standard InChI is InChI=1S/C20H18N2O5/c1-21-18(23)12-26-15-8-6-13(7-9-15)11-22-19(24)16-10-14-4-2-3-5-17(14)27-20(16)25/h2-10H,11-12H2,1H3,(H,21,23)(H,22,24). The van der Waals surface area contributed by atoms with Crippen molar-refractivity contribution >= 4 is 22.8 Å². The maximum atomic E-state index is 12.3. The molecule has 0 spiro atoms. The van der Waals surface area contributed by atoms with Gasteiger partial charge in [-0.05, 0) is 29.8 Å². The third-order valence-electron chi connectivity index (χ3n) is 3.91. The fourth-order valence-electron chi connectivity index (χ4n) is 2.42. The maximum absolute atomic E-state index is 12.3. The molecule has 0 atom stereocenters. The summed E-state index contributed by atoms with van der Waals surface area (Å²) in [7, 11) is 1.54. The molecule has 7 nitrogen and oxygen atoms in total. The second kappa shape index (κ2) is 8.18. The highest BCUT2D eigenvalue weighted by Gasteiger charge is 2.13. The maximum Gasteiger partial charge on any atom is 0.349 e. The van der Waals surface area contributed by atoms with Crippen LogP contribution in [0.3, 0.4) is 0 Å². The van der Waals surface area contributed by atoms with Gasteiger partial charge in [-0.2, -0.15) is 0 Å². The first kappa shape index (κ1) is 18.2. The predicted molar refractivity (Wildman–Crippen MR) is 99.7 cm³/mol. The Balaban J connectivity index is 1.63. The fourth-order valence-corrected chi connectivity index (χ4v) is 2.42. The van der Waals surface area contributed by atoms with Crippen LogP contribution in [0, 0.1) is 0 Å². The largest absolute Gasteiger partial charge is 0.484 e. The summed E-state index contributed by atoms with van der Waals surface area (Å²) < 4.78 is 10.5. The molecule has 0 saturated carbocycles. The molecule has 2 amide bonds. The van der Waals surface area contributed by atoms with Gasteiger partial charge in [0.2, 0.25) is 0 Å². The van der Waals surface area contributed by atoms with E-state index in [4.69, 9.17) is 9.15 Å². The van der Waals surface area contributed by atoms with Crippen molar-refractivity contribution in [3.63, 3.8) is 0 Å². The van der Waals surface area contributed by atoms with Gasteiger partial charge in [0.05, 0.1) is 0 Å². The Labute approximate surface area is 154 Å². The third kappa shape index (κ3) is 4.52. The molecule has 138 valence electrons. The summed E-state index contributed by atoms with van der Waals surface area (Å²) in [5, 5.41) is 5.84. The number of carbonyl (C=O) groups excluding carboxylic acids is 2. The number of benzene rings is 2. The number of rotatable bonds is 6. The van der Waals surface area contributed by atoms with Crippen molar-refractivity contribution < 1.29 is 18.7 Å².